The second-order valence-corrected chi connectivity index (χ2v) is 15.0. The zero-order valence-corrected chi connectivity index (χ0v) is 29.3. The summed E-state index contributed by atoms with van der Waals surface area (Å²) in [7, 11) is -15.7. The predicted molar refractivity (Wildman–Crippen MR) is 185 cm³/mol. The minimum atomic E-state index is -5.30. The van der Waals surface area contributed by atoms with E-state index in [1.54, 1.807) is 0 Å². The number of nitrogens with zero attached hydrogens (tertiary/aromatic N) is 8. The first kappa shape index (κ1) is 40.1. The van der Waals surface area contributed by atoms with Gasteiger partial charge in [-0.25, -0.2) is 0 Å². The highest BCUT2D eigenvalue weighted by Gasteiger charge is 2.27. The van der Waals surface area contributed by atoms with Crippen LogP contribution < -0.4 is 0 Å². The number of nitro groups is 2. The number of nitro benzene ring substituents is 2. The van der Waals surface area contributed by atoms with E-state index in [4.69, 9.17) is 0 Å². The zero-order valence-electron chi connectivity index (χ0n) is 26.9. The molecule has 0 aliphatic rings. The van der Waals surface area contributed by atoms with Gasteiger partial charge >= 0.3 is 0 Å². The summed E-state index contributed by atoms with van der Waals surface area (Å²) < 4.78 is 102. The van der Waals surface area contributed by atoms with Gasteiger partial charge in [0.1, 0.15) is 38.4 Å². The van der Waals surface area contributed by atoms with Gasteiger partial charge in [-0.15, -0.1) is 25.6 Å². The summed E-state index contributed by atoms with van der Waals surface area (Å²) in [6.45, 7) is 0. The quantitative estimate of drug-likeness (QED) is 0.0324. The maximum Gasteiger partial charge on any atom is 0.298 e. The monoisotopic (exact) mass is 834 g/mol. The van der Waals surface area contributed by atoms with Crippen LogP contribution in [0.25, 0.3) is 10.8 Å². The average Bonchev–Trinajstić information content (AvgIpc) is 3.08. The molecule has 0 atom stereocenters. The Kier molecular flexibility index (Phi) is 10.5. The van der Waals surface area contributed by atoms with Crippen molar-refractivity contribution in [3.63, 3.8) is 0 Å². The lowest BCUT2D eigenvalue weighted by Crippen LogP contribution is -2.01. The third-order valence-corrected chi connectivity index (χ3v) is 9.68. The van der Waals surface area contributed by atoms with Crippen LogP contribution in [0.5, 0.6) is 23.0 Å². The fraction of sp³-hybridized carbons (Fsp3) is 0. The molecule has 0 radical (unpaired) electrons. The summed E-state index contributed by atoms with van der Waals surface area (Å²) >= 11 is 0. The molecule has 0 amide bonds. The summed E-state index contributed by atoms with van der Waals surface area (Å²) in [5, 5.41) is 85.5. The minimum absolute atomic E-state index is 0.115. The number of fused-ring (bicyclic) bond motifs is 1. The molecule has 5 aromatic carbocycles. The normalized spacial score (nSPS) is 12.6. The van der Waals surface area contributed by atoms with Gasteiger partial charge in [-0.2, -0.15) is 30.4 Å². The standard InChI is InChI=1S/C28H18N8O17S3/c37-16-9-19(25(21(38)10-16)33-32-20-7-15(36(43)44)8-23(27(20)39)56(51,52)53)31-30-18-11-17(54(45,46)47)5-12-6-22(55(48,49)50)26(28(40)24(12)18)34-29-13-1-3-14(4-2-13)35(41)42/h1-11,37-40H,(H,45,46,47)(H,48,49,50)(H,51,52,53). The Labute approximate surface area is 310 Å². The van der Waals surface area contributed by atoms with Gasteiger partial charge in [0.25, 0.3) is 41.7 Å². The second kappa shape index (κ2) is 14.6. The van der Waals surface area contributed by atoms with Crippen LogP contribution in [0.3, 0.4) is 0 Å². The number of rotatable bonds is 11. The van der Waals surface area contributed by atoms with E-state index in [2.05, 4.69) is 30.7 Å². The third-order valence-electron chi connectivity index (χ3n) is 7.11. The molecule has 0 saturated heterocycles. The highest BCUT2D eigenvalue weighted by molar-refractivity contribution is 7.86. The lowest BCUT2D eigenvalue weighted by atomic mass is 10.1. The van der Waals surface area contributed by atoms with E-state index in [9.17, 15) is 79.6 Å². The van der Waals surface area contributed by atoms with Crippen LogP contribution in [0.2, 0.25) is 0 Å². The fourth-order valence-electron chi connectivity index (χ4n) is 4.65. The number of benzene rings is 5. The number of hydrogen-bond acceptors (Lipinski definition) is 20. The number of phenols is 4. The predicted octanol–water partition coefficient (Wildman–Crippen LogP) is 6.46. The van der Waals surface area contributed by atoms with E-state index in [1.165, 1.54) is 0 Å². The van der Waals surface area contributed by atoms with E-state index in [-0.39, 0.29) is 11.4 Å². The van der Waals surface area contributed by atoms with Crippen LogP contribution in [0.15, 0.2) is 112 Å². The summed E-state index contributed by atoms with van der Waals surface area (Å²) in [6, 6.07) is 8.35. The number of phenolic OH excluding ortho intramolecular Hbond substituents is 4. The van der Waals surface area contributed by atoms with Gasteiger partial charge in [0.05, 0.1) is 31.5 Å². The zero-order chi connectivity index (χ0) is 41.5. The van der Waals surface area contributed by atoms with Crippen LogP contribution in [-0.4, -0.2) is 69.2 Å². The summed E-state index contributed by atoms with van der Waals surface area (Å²) in [4.78, 5) is 17.0. The lowest BCUT2D eigenvalue weighted by Gasteiger charge is -2.12. The van der Waals surface area contributed by atoms with Crippen molar-refractivity contribution in [2.24, 2.45) is 30.7 Å². The number of azo groups is 3. The van der Waals surface area contributed by atoms with Gasteiger partial charge in [-0.05, 0) is 35.7 Å². The molecule has 0 heterocycles. The molecule has 28 heteroatoms. The Morgan fingerprint density at radius 2 is 1.09 bits per heavy atom. The Bertz CT molecular complexity index is 2940. The Balaban J connectivity index is 1.73. The van der Waals surface area contributed by atoms with Crippen LogP contribution in [0.1, 0.15) is 0 Å². The summed E-state index contributed by atoms with van der Waals surface area (Å²) in [5.41, 5.74) is -5.53. The van der Waals surface area contributed by atoms with Gasteiger partial charge in [-0.1, -0.05) is 0 Å². The largest absolute Gasteiger partial charge is 0.508 e. The van der Waals surface area contributed by atoms with Crippen molar-refractivity contribution in [3.8, 4) is 23.0 Å². The SMILES string of the molecule is O=[N+]([O-])c1ccc(N=Nc2c(S(=O)(=O)O)cc3cc(S(=O)(=O)O)cc(N=Nc4cc(O)cc(O)c4N=Nc4cc([N+](=O)[O-])cc(S(=O)(=O)O)c4O)c3c2O)cc1. The molecule has 5 aromatic rings. The van der Waals surface area contributed by atoms with Crippen LogP contribution in [0.4, 0.5) is 45.5 Å². The molecule has 290 valence electrons. The second-order valence-electron chi connectivity index (χ2n) is 10.8. The van der Waals surface area contributed by atoms with Crippen molar-refractivity contribution < 1.29 is 69.2 Å². The first-order valence-corrected chi connectivity index (χ1v) is 18.6. The highest BCUT2D eigenvalue weighted by atomic mass is 32.2. The highest BCUT2D eigenvalue weighted by Crippen LogP contribution is 2.48. The van der Waals surface area contributed by atoms with Gasteiger partial charge in [0.15, 0.2) is 17.2 Å². The first-order chi connectivity index (χ1) is 25.9. The Hall–Kier alpha value is -7.11. The number of hydrogen-bond donors (Lipinski definition) is 7. The van der Waals surface area contributed by atoms with Crippen LogP contribution in [-0.2, 0) is 30.4 Å². The van der Waals surface area contributed by atoms with E-state index in [1.807, 2.05) is 0 Å². The van der Waals surface area contributed by atoms with E-state index >= 15 is 0 Å². The Morgan fingerprint density at radius 1 is 0.518 bits per heavy atom. The van der Waals surface area contributed by atoms with Crippen molar-refractivity contribution in [2.75, 3.05) is 0 Å². The molecule has 7 N–H and O–H groups in total. The molecule has 0 aliphatic heterocycles. The molecule has 0 unspecified atom stereocenters. The van der Waals surface area contributed by atoms with Gasteiger partial charge in [0, 0.05) is 36.4 Å². The molecule has 5 rings (SSSR count). The maximum absolute atomic E-state index is 12.4. The number of non-ortho nitro benzene ring substituents is 2. The van der Waals surface area contributed by atoms with Crippen molar-refractivity contribution >= 4 is 86.6 Å². The molecular formula is C28H18N8O17S3. The fourth-order valence-corrected chi connectivity index (χ4v) is 6.46. The van der Waals surface area contributed by atoms with Crippen molar-refractivity contribution in [1.82, 2.24) is 0 Å². The van der Waals surface area contributed by atoms with E-state index in [0.717, 1.165) is 30.3 Å². The molecule has 0 spiro atoms. The number of aromatic hydroxyl groups is 4. The molecular weight excluding hydrogens is 817 g/mol. The third kappa shape index (κ3) is 8.48. The molecule has 0 aliphatic carbocycles. The maximum atomic E-state index is 12.4. The summed E-state index contributed by atoms with van der Waals surface area (Å²) in [6.07, 6.45) is 0. The molecule has 0 aromatic heterocycles. The van der Waals surface area contributed by atoms with Gasteiger partial charge < -0.3 is 20.4 Å². The van der Waals surface area contributed by atoms with Gasteiger partial charge in [-0.3, -0.25) is 33.9 Å². The first-order valence-electron chi connectivity index (χ1n) is 14.3. The van der Waals surface area contributed by atoms with Crippen LogP contribution >= 0.6 is 0 Å². The smallest absolute Gasteiger partial charge is 0.298 e. The topological polar surface area (TPSA) is 404 Å². The van der Waals surface area contributed by atoms with E-state index < -0.39 is 123 Å². The minimum Gasteiger partial charge on any atom is -0.508 e. The molecule has 0 fully saturated rings. The molecule has 0 saturated carbocycles. The van der Waals surface area contributed by atoms with E-state index in [0.29, 0.717) is 36.4 Å². The van der Waals surface area contributed by atoms with Crippen molar-refractivity contribution in [2.45, 2.75) is 14.7 Å². The van der Waals surface area contributed by atoms with Gasteiger partial charge in [0.2, 0.25) is 0 Å². The average molecular weight is 835 g/mol. The van der Waals surface area contributed by atoms with Crippen LogP contribution in [0, 0.1) is 20.2 Å². The lowest BCUT2D eigenvalue weighted by molar-refractivity contribution is -0.385. The molecule has 56 heavy (non-hydrogen) atoms. The summed E-state index contributed by atoms with van der Waals surface area (Å²) in [5.74, 6) is -4.15. The van der Waals surface area contributed by atoms with Crippen molar-refractivity contribution in [1.29, 1.82) is 0 Å². The van der Waals surface area contributed by atoms with Crippen molar-refractivity contribution in [3.05, 3.63) is 87.0 Å². The molecule has 25 nitrogen and oxygen atoms in total. The molecule has 0 bridgehead atoms. The Morgan fingerprint density at radius 3 is 1.66 bits per heavy atom.